The van der Waals surface area contributed by atoms with Crippen LogP contribution in [-0.2, 0) is 19.2 Å². The van der Waals surface area contributed by atoms with Gasteiger partial charge in [-0.2, -0.15) is 0 Å². The molecule has 2 amide bonds. The van der Waals surface area contributed by atoms with Crippen molar-refractivity contribution in [3.63, 3.8) is 0 Å². The lowest BCUT2D eigenvalue weighted by atomic mass is 10.2. The molecule has 0 aromatic carbocycles. The number of carboxylic acids is 2. The molecule has 1 saturated heterocycles. The van der Waals surface area contributed by atoms with Gasteiger partial charge < -0.3 is 10.2 Å². The van der Waals surface area contributed by atoms with Gasteiger partial charge in [-0.25, -0.2) is 0 Å². The van der Waals surface area contributed by atoms with Gasteiger partial charge in [0.25, 0.3) is 0 Å². The molecular formula is C10H15NO6. The highest BCUT2D eigenvalue weighted by atomic mass is 16.4. The van der Waals surface area contributed by atoms with Gasteiger partial charge in [-0.3, -0.25) is 24.5 Å². The standard InChI is InChI=1S/C6H10O4.C4H5NO2/c7-5(8)3-1-2-4-6(9)10;6-3-1-2-4(7)5-3/h1-4H2,(H,7,8)(H,9,10);1-2H2,(H,5,6,7). The lowest BCUT2D eigenvalue weighted by molar-refractivity contribution is -0.139. The highest BCUT2D eigenvalue weighted by Gasteiger charge is 2.15. The van der Waals surface area contributed by atoms with Crippen LogP contribution in [0.1, 0.15) is 38.5 Å². The highest BCUT2D eigenvalue weighted by Crippen LogP contribution is 1.98. The van der Waals surface area contributed by atoms with Crippen LogP contribution < -0.4 is 5.32 Å². The quantitative estimate of drug-likeness (QED) is 0.468. The van der Waals surface area contributed by atoms with Crippen molar-refractivity contribution in [1.82, 2.24) is 5.32 Å². The molecule has 1 aliphatic heterocycles. The van der Waals surface area contributed by atoms with Crippen molar-refractivity contribution in [1.29, 1.82) is 0 Å². The maximum Gasteiger partial charge on any atom is 0.303 e. The topological polar surface area (TPSA) is 121 Å². The zero-order valence-electron chi connectivity index (χ0n) is 9.27. The molecule has 1 aliphatic rings. The molecule has 0 radical (unpaired) electrons. The lowest BCUT2D eigenvalue weighted by Gasteiger charge is -1.92. The summed E-state index contributed by atoms with van der Waals surface area (Å²) in [6.45, 7) is 0. The Balaban J connectivity index is 0.000000318. The van der Waals surface area contributed by atoms with E-state index in [0.29, 0.717) is 25.7 Å². The fourth-order valence-corrected chi connectivity index (χ4v) is 1.06. The molecule has 0 spiro atoms. The second-order valence-electron chi connectivity index (χ2n) is 3.47. The van der Waals surface area contributed by atoms with E-state index in [4.69, 9.17) is 10.2 Å². The molecule has 0 saturated carbocycles. The van der Waals surface area contributed by atoms with Crippen molar-refractivity contribution in [2.45, 2.75) is 38.5 Å². The van der Waals surface area contributed by atoms with E-state index in [1.807, 2.05) is 0 Å². The molecule has 0 aromatic heterocycles. The number of carbonyl (C=O) groups excluding carboxylic acids is 2. The van der Waals surface area contributed by atoms with E-state index in [1.165, 1.54) is 0 Å². The Morgan fingerprint density at radius 1 is 0.941 bits per heavy atom. The summed E-state index contributed by atoms with van der Waals surface area (Å²) in [4.78, 5) is 40.0. The fourth-order valence-electron chi connectivity index (χ4n) is 1.06. The average Bonchev–Trinajstić information content (AvgIpc) is 2.58. The molecule has 0 aliphatic carbocycles. The van der Waals surface area contributed by atoms with E-state index < -0.39 is 11.9 Å². The SMILES string of the molecule is O=C(O)CCCCC(=O)O.O=C1CCC(=O)N1. The number of carboxylic acid groups (broad SMARTS) is 2. The van der Waals surface area contributed by atoms with Crippen LogP contribution in [-0.4, -0.2) is 34.0 Å². The average molecular weight is 245 g/mol. The fraction of sp³-hybridized carbons (Fsp3) is 0.600. The molecule has 17 heavy (non-hydrogen) atoms. The molecule has 0 aromatic rings. The Labute approximate surface area is 97.8 Å². The zero-order valence-corrected chi connectivity index (χ0v) is 9.27. The minimum absolute atomic E-state index is 0.0628. The molecule has 0 atom stereocenters. The smallest absolute Gasteiger partial charge is 0.303 e. The second kappa shape index (κ2) is 8.26. The third-order valence-electron chi connectivity index (χ3n) is 1.89. The van der Waals surface area contributed by atoms with Gasteiger partial charge in [-0.1, -0.05) is 0 Å². The zero-order chi connectivity index (χ0) is 13.3. The maximum atomic E-state index is 10.1. The normalized spacial score (nSPS) is 13.6. The van der Waals surface area contributed by atoms with Crippen molar-refractivity contribution in [3.05, 3.63) is 0 Å². The molecule has 0 unspecified atom stereocenters. The number of unbranched alkanes of at least 4 members (excludes halogenated alkanes) is 1. The van der Waals surface area contributed by atoms with E-state index in [2.05, 4.69) is 5.32 Å². The summed E-state index contributed by atoms with van der Waals surface area (Å²) in [5.74, 6) is -2.04. The number of imide groups is 1. The van der Waals surface area contributed by atoms with Gasteiger partial charge in [-0.05, 0) is 12.8 Å². The van der Waals surface area contributed by atoms with Gasteiger partial charge in [0.15, 0.2) is 0 Å². The van der Waals surface area contributed by atoms with Crippen LogP contribution in [0, 0.1) is 0 Å². The summed E-state index contributed by atoms with van der Waals surface area (Å²) in [7, 11) is 0. The molecule has 3 N–H and O–H groups in total. The summed E-state index contributed by atoms with van der Waals surface area (Å²) >= 11 is 0. The van der Waals surface area contributed by atoms with Crippen molar-refractivity contribution in [2.24, 2.45) is 0 Å². The Bertz CT molecular complexity index is 282. The van der Waals surface area contributed by atoms with Gasteiger partial charge in [0, 0.05) is 25.7 Å². The van der Waals surface area contributed by atoms with Gasteiger partial charge in [0.05, 0.1) is 0 Å². The number of nitrogens with one attached hydrogen (secondary N) is 1. The third-order valence-corrected chi connectivity index (χ3v) is 1.89. The summed E-state index contributed by atoms with van der Waals surface area (Å²) in [6, 6.07) is 0. The van der Waals surface area contributed by atoms with Crippen LogP contribution in [0.3, 0.4) is 0 Å². The first-order valence-corrected chi connectivity index (χ1v) is 5.18. The molecule has 96 valence electrons. The monoisotopic (exact) mass is 245 g/mol. The molecule has 7 nitrogen and oxygen atoms in total. The maximum absolute atomic E-state index is 10.1. The second-order valence-corrected chi connectivity index (χ2v) is 3.47. The van der Waals surface area contributed by atoms with Gasteiger partial charge in [0.1, 0.15) is 0 Å². The van der Waals surface area contributed by atoms with Crippen LogP contribution in [0.15, 0.2) is 0 Å². The minimum atomic E-state index is -0.870. The number of amides is 2. The number of hydrogen-bond acceptors (Lipinski definition) is 4. The number of aliphatic carboxylic acids is 2. The van der Waals surface area contributed by atoms with E-state index in [1.54, 1.807) is 0 Å². The Hall–Kier alpha value is -1.92. The van der Waals surface area contributed by atoms with E-state index >= 15 is 0 Å². The number of hydrogen-bond donors (Lipinski definition) is 3. The molecule has 0 bridgehead atoms. The molecular weight excluding hydrogens is 230 g/mol. The largest absolute Gasteiger partial charge is 0.481 e. The van der Waals surface area contributed by atoms with Crippen molar-refractivity contribution >= 4 is 23.8 Å². The Morgan fingerprint density at radius 3 is 1.47 bits per heavy atom. The molecule has 1 heterocycles. The summed E-state index contributed by atoms with van der Waals surface area (Å²) in [5, 5.41) is 18.4. The van der Waals surface area contributed by atoms with Gasteiger partial charge >= 0.3 is 11.9 Å². The summed E-state index contributed by atoms with van der Waals surface area (Å²) in [6.07, 6.45) is 1.77. The number of carbonyl (C=O) groups is 4. The highest BCUT2D eigenvalue weighted by molar-refractivity contribution is 6.01. The predicted molar refractivity (Wildman–Crippen MR) is 56.1 cm³/mol. The van der Waals surface area contributed by atoms with Crippen LogP contribution >= 0.6 is 0 Å². The molecule has 7 heteroatoms. The van der Waals surface area contributed by atoms with E-state index in [-0.39, 0.29) is 24.7 Å². The summed E-state index contributed by atoms with van der Waals surface area (Å²) < 4.78 is 0. The van der Waals surface area contributed by atoms with Gasteiger partial charge in [0.2, 0.25) is 11.8 Å². The molecule has 1 rings (SSSR count). The van der Waals surface area contributed by atoms with Crippen LogP contribution in [0.2, 0.25) is 0 Å². The third kappa shape index (κ3) is 10.4. The van der Waals surface area contributed by atoms with E-state index in [9.17, 15) is 19.2 Å². The van der Waals surface area contributed by atoms with Gasteiger partial charge in [-0.15, -0.1) is 0 Å². The van der Waals surface area contributed by atoms with Crippen molar-refractivity contribution in [3.8, 4) is 0 Å². The summed E-state index contributed by atoms with van der Waals surface area (Å²) in [5.41, 5.74) is 0. The number of rotatable bonds is 5. The first-order chi connectivity index (χ1) is 7.91. The predicted octanol–water partition coefficient (Wildman–Crippen LogP) is 0.139. The van der Waals surface area contributed by atoms with Crippen LogP contribution in [0.5, 0.6) is 0 Å². The van der Waals surface area contributed by atoms with Crippen LogP contribution in [0.4, 0.5) is 0 Å². The molecule has 1 fully saturated rings. The van der Waals surface area contributed by atoms with Crippen LogP contribution in [0.25, 0.3) is 0 Å². The van der Waals surface area contributed by atoms with Crippen molar-refractivity contribution in [2.75, 3.05) is 0 Å². The lowest BCUT2D eigenvalue weighted by Crippen LogP contribution is -2.18. The minimum Gasteiger partial charge on any atom is -0.481 e. The van der Waals surface area contributed by atoms with Crippen molar-refractivity contribution < 1.29 is 29.4 Å². The first kappa shape index (κ1) is 15.1. The van der Waals surface area contributed by atoms with E-state index in [0.717, 1.165) is 0 Å². The first-order valence-electron chi connectivity index (χ1n) is 5.18. The Morgan fingerprint density at radius 2 is 1.29 bits per heavy atom. The Kier molecular flexibility index (Phi) is 7.32.